The fraction of sp³-hybridized carbons (Fsp3) is 0.636. The monoisotopic (exact) mass is 246 g/mol. The van der Waals surface area contributed by atoms with Gasteiger partial charge in [0.05, 0.1) is 18.6 Å². The normalized spacial score (nSPS) is 12.4. The van der Waals surface area contributed by atoms with Crippen molar-refractivity contribution in [2.24, 2.45) is 5.41 Å². The van der Waals surface area contributed by atoms with Crippen LogP contribution < -0.4 is 0 Å². The number of hydrogen-bond acceptors (Lipinski definition) is 5. The maximum atomic E-state index is 11.2. The van der Waals surface area contributed by atoms with Gasteiger partial charge in [0.2, 0.25) is 0 Å². The molecule has 0 fully saturated rings. The number of carbonyl (C=O) groups is 2. The molecule has 0 saturated heterocycles. The van der Waals surface area contributed by atoms with Crippen molar-refractivity contribution in [1.82, 2.24) is 0 Å². The number of esters is 1. The molecule has 0 bridgehead atoms. The van der Waals surface area contributed by atoms with Crippen LogP contribution in [-0.2, 0) is 14.3 Å². The standard InChI is InChI=1S/C11H18O6/c1-3-11(5-12,6-13)7-17-9(14)4-8(2)10(15)16/h4,12-13H,3,5-7H2,1-2H3,(H,15,16)/b8-4-. The van der Waals surface area contributed by atoms with Crippen molar-refractivity contribution >= 4 is 11.9 Å². The zero-order valence-electron chi connectivity index (χ0n) is 9.97. The molecule has 0 radical (unpaired) electrons. The highest BCUT2D eigenvalue weighted by atomic mass is 16.5. The van der Waals surface area contributed by atoms with E-state index in [4.69, 9.17) is 20.1 Å². The number of carbonyl (C=O) groups excluding carboxylic acids is 1. The van der Waals surface area contributed by atoms with Crippen LogP contribution in [0.3, 0.4) is 0 Å². The predicted octanol–water partition coefficient (Wildman–Crippen LogP) is -0.0585. The molecule has 0 aromatic heterocycles. The van der Waals surface area contributed by atoms with E-state index in [-0.39, 0.29) is 25.4 Å². The molecule has 0 saturated carbocycles. The van der Waals surface area contributed by atoms with E-state index in [0.717, 1.165) is 6.08 Å². The summed E-state index contributed by atoms with van der Waals surface area (Å²) in [5.74, 6) is -2.00. The summed E-state index contributed by atoms with van der Waals surface area (Å²) in [6.45, 7) is 2.25. The molecule has 0 atom stereocenters. The third-order valence-corrected chi connectivity index (χ3v) is 2.61. The quantitative estimate of drug-likeness (QED) is 0.429. The molecule has 0 spiro atoms. The van der Waals surface area contributed by atoms with Gasteiger partial charge in [0.25, 0.3) is 0 Å². The van der Waals surface area contributed by atoms with E-state index in [2.05, 4.69) is 0 Å². The van der Waals surface area contributed by atoms with Gasteiger partial charge in [0.15, 0.2) is 0 Å². The van der Waals surface area contributed by atoms with Gasteiger partial charge in [-0.1, -0.05) is 6.92 Å². The second kappa shape index (κ2) is 7.03. The minimum Gasteiger partial charge on any atom is -0.478 e. The van der Waals surface area contributed by atoms with Crippen LogP contribution in [0.5, 0.6) is 0 Å². The van der Waals surface area contributed by atoms with Crippen LogP contribution in [-0.4, -0.2) is 47.1 Å². The van der Waals surface area contributed by atoms with Crippen molar-refractivity contribution in [2.45, 2.75) is 20.3 Å². The SMILES string of the molecule is CCC(CO)(CO)COC(=O)/C=C(/C)C(=O)O. The Kier molecular flexibility index (Phi) is 6.45. The summed E-state index contributed by atoms with van der Waals surface area (Å²) in [5, 5.41) is 26.7. The predicted molar refractivity (Wildman–Crippen MR) is 59.2 cm³/mol. The van der Waals surface area contributed by atoms with Crippen LogP contribution in [0.2, 0.25) is 0 Å². The van der Waals surface area contributed by atoms with Gasteiger partial charge in [-0.25, -0.2) is 9.59 Å². The van der Waals surface area contributed by atoms with E-state index >= 15 is 0 Å². The maximum absolute atomic E-state index is 11.2. The Morgan fingerprint density at radius 1 is 1.29 bits per heavy atom. The summed E-state index contributed by atoms with van der Waals surface area (Å²) in [6, 6.07) is 0. The van der Waals surface area contributed by atoms with Gasteiger partial charge < -0.3 is 20.1 Å². The van der Waals surface area contributed by atoms with Gasteiger partial charge in [0, 0.05) is 11.6 Å². The van der Waals surface area contributed by atoms with Crippen molar-refractivity contribution in [3.05, 3.63) is 11.6 Å². The number of ether oxygens (including phenoxy) is 1. The van der Waals surface area contributed by atoms with E-state index < -0.39 is 17.4 Å². The number of carboxylic acids is 1. The van der Waals surface area contributed by atoms with Crippen LogP contribution >= 0.6 is 0 Å². The molecule has 0 aliphatic heterocycles. The summed E-state index contributed by atoms with van der Waals surface area (Å²) in [5.41, 5.74) is -1.01. The van der Waals surface area contributed by atoms with Gasteiger partial charge in [-0.3, -0.25) is 0 Å². The summed E-state index contributed by atoms with van der Waals surface area (Å²) in [6.07, 6.45) is 1.30. The van der Waals surface area contributed by atoms with Crippen molar-refractivity contribution in [3.8, 4) is 0 Å². The Hall–Kier alpha value is -1.40. The van der Waals surface area contributed by atoms with E-state index in [9.17, 15) is 9.59 Å². The summed E-state index contributed by atoms with van der Waals surface area (Å²) >= 11 is 0. The van der Waals surface area contributed by atoms with Crippen LogP contribution in [0.15, 0.2) is 11.6 Å². The molecular formula is C11H18O6. The lowest BCUT2D eigenvalue weighted by Crippen LogP contribution is -2.35. The highest BCUT2D eigenvalue weighted by Gasteiger charge is 2.28. The first-order valence-corrected chi connectivity index (χ1v) is 5.21. The minimum absolute atomic E-state index is 0.134. The number of aliphatic hydroxyl groups is 2. The zero-order chi connectivity index (χ0) is 13.5. The zero-order valence-corrected chi connectivity index (χ0v) is 9.97. The summed E-state index contributed by atoms with van der Waals surface area (Å²) < 4.78 is 4.80. The second-order valence-corrected chi connectivity index (χ2v) is 3.91. The molecule has 0 heterocycles. The van der Waals surface area contributed by atoms with Crippen molar-refractivity contribution in [2.75, 3.05) is 19.8 Å². The lowest BCUT2D eigenvalue weighted by atomic mass is 9.88. The summed E-state index contributed by atoms with van der Waals surface area (Å²) in [7, 11) is 0. The Morgan fingerprint density at radius 2 is 1.82 bits per heavy atom. The summed E-state index contributed by atoms with van der Waals surface area (Å²) in [4.78, 5) is 21.7. The Morgan fingerprint density at radius 3 is 2.18 bits per heavy atom. The molecule has 0 aromatic carbocycles. The average Bonchev–Trinajstić information content (AvgIpc) is 2.31. The van der Waals surface area contributed by atoms with Gasteiger partial charge in [0.1, 0.15) is 6.61 Å². The highest BCUT2D eigenvalue weighted by Crippen LogP contribution is 2.20. The molecule has 17 heavy (non-hydrogen) atoms. The van der Waals surface area contributed by atoms with Crippen LogP contribution in [0.25, 0.3) is 0 Å². The van der Waals surface area contributed by atoms with Gasteiger partial charge in [-0.2, -0.15) is 0 Å². The van der Waals surface area contributed by atoms with Crippen LogP contribution in [0.4, 0.5) is 0 Å². The molecule has 0 aliphatic rings. The molecule has 6 nitrogen and oxygen atoms in total. The average molecular weight is 246 g/mol. The largest absolute Gasteiger partial charge is 0.478 e. The van der Waals surface area contributed by atoms with Crippen molar-refractivity contribution in [1.29, 1.82) is 0 Å². The molecule has 0 aromatic rings. The third-order valence-electron chi connectivity index (χ3n) is 2.61. The number of carboxylic acid groups (broad SMARTS) is 1. The fourth-order valence-corrected chi connectivity index (χ4v) is 0.971. The Balaban J connectivity index is 4.42. The number of hydrogen-bond donors (Lipinski definition) is 3. The number of aliphatic hydroxyl groups excluding tert-OH is 2. The van der Waals surface area contributed by atoms with Crippen molar-refractivity contribution in [3.63, 3.8) is 0 Å². The van der Waals surface area contributed by atoms with Crippen LogP contribution in [0, 0.1) is 5.41 Å². The molecular weight excluding hydrogens is 228 g/mol. The van der Waals surface area contributed by atoms with Crippen molar-refractivity contribution < 1.29 is 29.6 Å². The first-order chi connectivity index (χ1) is 7.90. The molecule has 0 amide bonds. The second-order valence-electron chi connectivity index (χ2n) is 3.91. The topological polar surface area (TPSA) is 104 Å². The minimum atomic E-state index is -1.20. The fourth-order valence-electron chi connectivity index (χ4n) is 0.971. The molecule has 6 heteroatoms. The van der Waals surface area contributed by atoms with E-state index in [1.165, 1.54) is 6.92 Å². The molecule has 3 N–H and O–H groups in total. The maximum Gasteiger partial charge on any atom is 0.331 e. The number of rotatable bonds is 7. The molecule has 0 rings (SSSR count). The van der Waals surface area contributed by atoms with Gasteiger partial charge in [-0.15, -0.1) is 0 Å². The highest BCUT2D eigenvalue weighted by molar-refractivity contribution is 5.94. The number of aliphatic carboxylic acids is 1. The molecule has 98 valence electrons. The Bertz CT molecular complexity index is 295. The molecule has 0 unspecified atom stereocenters. The third kappa shape index (κ3) is 4.97. The molecule has 0 aliphatic carbocycles. The smallest absolute Gasteiger partial charge is 0.331 e. The first kappa shape index (κ1) is 15.6. The lowest BCUT2D eigenvalue weighted by molar-refractivity contribution is -0.144. The van der Waals surface area contributed by atoms with E-state index in [0.29, 0.717) is 6.42 Å². The van der Waals surface area contributed by atoms with Crippen LogP contribution in [0.1, 0.15) is 20.3 Å². The first-order valence-electron chi connectivity index (χ1n) is 5.21. The van der Waals surface area contributed by atoms with Gasteiger partial charge >= 0.3 is 11.9 Å². The van der Waals surface area contributed by atoms with E-state index in [1.54, 1.807) is 6.92 Å². The lowest BCUT2D eigenvalue weighted by Gasteiger charge is -2.27. The van der Waals surface area contributed by atoms with Gasteiger partial charge in [-0.05, 0) is 13.3 Å². The Labute approximate surface area is 99.5 Å². The van der Waals surface area contributed by atoms with E-state index in [1.807, 2.05) is 0 Å².